The van der Waals surface area contributed by atoms with E-state index in [1.54, 1.807) is 18.7 Å². The number of aromatic nitrogens is 3. The van der Waals surface area contributed by atoms with Crippen LogP contribution in [0.1, 0.15) is 16.9 Å². The molecule has 6 nitrogen and oxygen atoms in total. The molecule has 0 aliphatic heterocycles. The van der Waals surface area contributed by atoms with E-state index in [2.05, 4.69) is 28.5 Å². The van der Waals surface area contributed by atoms with Crippen LogP contribution in [0.4, 0.5) is 0 Å². The molecule has 0 atom stereocenters. The molecule has 0 unspecified atom stereocenters. The third-order valence-electron chi connectivity index (χ3n) is 3.50. The van der Waals surface area contributed by atoms with E-state index in [0.717, 1.165) is 17.0 Å². The Bertz CT molecular complexity index is 827. The maximum absolute atomic E-state index is 12.0. The first-order valence-electron chi connectivity index (χ1n) is 7.53. The SMILES string of the molecule is Cc1ccc(-n2cnnc2SCC(=O)NCc2ccco2)c(C)c1. The van der Waals surface area contributed by atoms with Crippen LogP contribution >= 0.6 is 11.8 Å². The number of hydrogen-bond acceptors (Lipinski definition) is 5. The van der Waals surface area contributed by atoms with Crippen molar-refractivity contribution in [3.63, 3.8) is 0 Å². The predicted octanol–water partition coefficient (Wildman–Crippen LogP) is 2.89. The van der Waals surface area contributed by atoms with E-state index in [4.69, 9.17) is 4.42 Å². The molecule has 0 saturated heterocycles. The summed E-state index contributed by atoms with van der Waals surface area (Å²) in [6.45, 7) is 4.49. The van der Waals surface area contributed by atoms with E-state index in [1.807, 2.05) is 29.7 Å². The molecule has 0 spiro atoms. The number of carbonyl (C=O) groups is 1. The summed E-state index contributed by atoms with van der Waals surface area (Å²) in [5.74, 6) is 0.919. The lowest BCUT2D eigenvalue weighted by Crippen LogP contribution is -2.24. The third-order valence-corrected chi connectivity index (χ3v) is 4.44. The van der Waals surface area contributed by atoms with Crippen molar-refractivity contribution in [2.45, 2.75) is 25.5 Å². The van der Waals surface area contributed by atoms with Crippen LogP contribution in [0.25, 0.3) is 5.69 Å². The highest BCUT2D eigenvalue weighted by molar-refractivity contribution is 7.99. The average molecular weight is 342 g/mol. The Hall–Kier alpha value is -2.54. The molecule has 0 radical (unpaired) electrons. The summed E-state index contributed by atoms with van der Waals surface area (Å²) in [7, 11) is 0. The molecule has 24 heavy (non-hydrogen) atoms. The minimum absolute atomic E-state index is 0.0772. The van der Waals surface area contributed by atoms with E-state index < -0.39 is 0 Å². The fourth-order valence-electron chi connectivity index (χ4n) is 2.34. The Balaban J connectivity index is 1.62. The van der Waals surface area contributed by atoms with Gasteiger partial charge in [-0.2, -0.15) is 0 Å². The van der Waals surface area contributed by atoms with Crippen molar-refractivity contribution in [1.29, 1.82) is 0 Å². The number of rotatable bonds is 6. The number of nitrogens with one attached hydrogen (secondary N) is 1. The van der Waals surface area contributed by atoms with Gasteiger partial charge in [-0.25, -0.2) is 0 Å². The van der Waals surface area contributed by atoms with Crippen molar-refractivity contribution in [2.75, 3.05) is 5.75 Å². The van der Waals surface area contributed by atoms with Crippen molar-refractivity contribution in [1.82, 2.24) is 20.1 Å². The minimum Gasteiger partial charge on any atom is -0.467 e. The lowest BCUT2D eigenvalue weighted by molar-refractivity contribution is -0.118. The van der Waals surface area contributed by atoms with Gasteiger partial charge in [0, 0.05) is 0 Å². The molecule has 1 amide bonds. The number of furan rings is 1. The Morgan fingerprint density at radius 2 is 2.21 bits per heavy atom. The van der Waals surface area contributed by atoms with Gasteiger partial charge in [0.25, 0.3) is 0 Å². The number of nitrogens with zero attached hydrogens (tertiary/aromatic N) is 3. The molecule has 124 valence electrons. The van der Waals surface area contributed by atoms with Crippen molar-refractivity contribution in [3.05, 3.63) is 59.8 Å². The smallest absolute Gasteiger partial charge is 0.230 e. The summed E-state index contributed by atoms with van der Waals surface area (Å²) >= 11 is 1.35. The van der Waals surface area contributed by atoms with Gasteiger partial charge in [-0.15, -0.1) is 10.2 Å². The van der Waals surface area contributed by atoms with Gasteiger partial charge in [0.2, 0.25) is 5.91 Å². The summed E-state index contributed by atoms with van der Waals surface area (Å²) in [5, 5.41) is 11.6. The minimum atomic E-state index is -0.0772. The number of thioether (sulfide) groups is 1. The monoisotopic (exact) mass is 342 g/mol. The van der Waals surface area contributed by atoms with Gasteiger partial charge >= 0.3 is 0 Å². The Morgan fingerprint density at radius 1 is 1.33 bits per heavy atom. The van der Waals surface area contributed by atoms with Gasteiger partial charge in [-0.3, -0.25) is 9.36 Å². The summed E-state index contributed by atoms with van der Waals surface area (Å²) in [6.07, 6.45) is 3.25. The molecule has 0 bridgehead atoms. The zero-order valence-electron chi connectivity index (χ0n) is 13.5. The molecular weight excluding hydrogens is 324 g/mol. The first-order chi connectivity index (χ1) is 11.6. The maximum atomic E-state index is 12.0. The number of carbonyl (C=O) groups excluding carboxylic acids is 1. The second kappa shape index (κ2) is 7.35. The molecule has 2 aromatic heterocycles. The van der Waals surface area contributed by atoms with E-state index >= 15 is 0 Å². The highest BCUT2D eigenvalue weighted by atomic mass is 32.2. The van der Waals surface area contributed by atoms with Gasteiger partial charge in [-0.05, 0) is 37.6 Å². The standard InChI is InChI=1S/C17H18N4O2S/c1-12-5-6-15(13(2)8-12)21-11-19-20-17(21)24-10-16(22)18-9-14-4-3-7-23-14/h3-8,11H,9-10H2,1-2H3,(H,18,22). The fraction of sp³-hybridized carbons (Fsp3) is 0.235. The largest absolute Gasteiger partial charge is 0.467 e. The Kier molecular flexibility index (Phi) is 5.00. The fourth-order valence-corrected chi connectivity index (χ4v) is 3.10. The van der Waals surface area contributed by atoms with Crippen molar-refractivity contribution in [3.8, 4) is 5.69 Å². The molecule has 1 N–H and O–H groups in total. The highest BCUT2D eigenvalue weighted by Gasteiger charge is 2.12. The summed E-state index contributed by atoms with van der Waals surface area (Å²) in [6, 6.07) is 9.81. The van der Waals surface area contributed by atoms with Crippen LogP contribution in [-0.4, -0.2) is 26.4 Å². The normalized spacial score (nSPS) is 10.8. The second-order valence-corrected chi connectivity index (χ2v) is 6.36. The zero-order chi connectivity index (χ0) is 16.9. The number of amides is 1. The van der Waals surface area contributed by atoms with Gasteiger partial charge in [0.05, 0.1) is 24.2 Å². The number of benzene rings is 1. The van der Waals surface area contributed by atoms with Crippen molar-refractivity contribution >= 4 is 17.7 Å². The van der Waals surface area contributed by atoms with Crippen LogP contribution in [0.5, 0.6) is 0 Å². The predicted molar refractivity (Wildman–Crippen MR) is 92.1 cm³/mol. The van der Waals surface area contributed by atoms with Crippen LogP contribution in [-0.2, 0) is 11.3 Å². The number of hydrogen-bond donors (Lipinski definition) is 1. The first kappa shape index (κ1) is 16.3. The molecule has 0 fully saturated rings. The zero-order valence-corrected chi connectivity index (χ0v) is 14.3. The third kappa shape index (κ3) is 3.86. The van der Waals surface area contributed by atoms with E-state index in [1.165, 1.54) is 17.3 Å². The molecule has 0 aliphatic carbocycles. The van der Waals surface area contributed by atoms with Gasteiger partial charge < -0.3 is 9.73 Å². The molecule has 2 heterocycles. The first-order valence-corrected chi connectivity index (χ1v) is 8.51. The molecule has 3 rings (SSSR count). The highest BCUT2D eigenvalue weighted by Crippen LogP contribution is 2.22. The lowest BCUT2D eigenvalue weighted by Gasteiger charge is -2.10. The molecule has 1 aromatic carbocycles. The van der Waals surface area contributed by atoms with Crippen LogP contribution in [0, 0.1) is 13.8 Å². The number of aryl methyl sites for hydroxylation is 2. The summed E-state index contributed by atoms with van der Waals surface area (Å²) in [5.41, 5.74) is 3.36. The lowest BCUT2D eigenvalue weighted by atomic mass is 10.1. The molecule has 3 aromatic rings. The van der Waals surface area contributed by atoms with Gasteiger partial charge in [-0.1, -0.05) is 29.5 Å². The van der Waals surface area contributed by atoms with E-state index in [-0.39, 0.29) is 11.7 Å². The van der Waals surface area contributed by atoms with Crippen molar-refractivity contribution < 1.29 is 9.21 Å². The average Bonchev–Trinajstić information content (AvgIpc) is 3.22. The van der Waals surface area contributed by atoms with Crippen LogP contribution < -0.4 is 5.32 Å². The van der Waals surface area contributed by atoms with E-state index in [0.29, 0.717) is 11.7 Å². The molecular formula is C17H18N4O2S. The van der Waals surface area contributed by atoms with Crippen molar-refractivity contribution in [2.24, 2.45) is 0 Å². The summed E-state index contributed by atoms with van der Waals surface area (Å²) < 4.78 is 7.09. The molecule has 0 saturated carbocycles. The second-order valence-electron chi connectivity index (χ2n) is 5.42. The Morgan fingerprint density at radius 3 is 2.96 bits per heavy atom. The maximum Gasteiger partial charge on any atom is 0.230 e. The van der Waals surface area contributed by atoms with Gasteiger partial charge in [0.1, 0.15) is 12.1 Å². The topological polar surface area (TPSA) is 73.0 Å². The summed E-state index contributed by atoms with van der Waals surface area (Å²) in [4.78, 5) is 12.0. The van der Waals surface area contributed by atoms with E-state index in [9.17, 15) is 4.79 Å². The van der Waals surface area contributed by atoms with Crippen LogP contribution in [0.15, 0.2) is 52.5 Å². The van der Waals surface area contributed by atoms with Crippen LogP contribution in [0.2, 0.25) is 0 Å². The Labute approximate surface area is 144 Å². The van der Waals surface area contributed by atoms with Gasteiger partial charge in [0.15, 0.2) is 5.16 Å². The molecule has 7 heteroatoms. The van der Waals surface area contributed by atoms with Crippen LogP contribution in [0.3, 0.4) is 0 Å². The molecule has 0 aliphatic rings. The quantitative estimate of drug-likeness (QED) is 0.697.